The Morgan fingerprint density at radius 2 is 1.82 bits per heavy atom. The second kappa shape index (κ2) is 7.75. The molecule has 7 heteroatoms. The first-order valence-corrected chi connectivity index (χ1v) is 9.94. The molecular weight excluding hydrogens is 382 g/mol. The van der Waals surface area contributed by atoms with Crippen LogP contribution in [0.3, 0.4) is 0 Å². The van der Waals surface area contributed by atoms with E-state index in [4.69, 9.17) is 4.74 Å². The zero-order chi connectivity index (χ0) is 19.6. The van der Waals surface area contributed by atoms with Gasteiger partial charge in [0.1, 0.15) is 12.4 Å². The van der Waals surface area contributed by atoms with Crippen LogP contribution in [0.15, 0.2) is 59.4 Å². The fourth-order valence-corrected chi connectivity index (χ4v) is 3.93. The number of benzene rings is 2. The summed E-state index contributed by atoms with van der Waals surface area (Å²) in [6, 6.07) is 17.0. The van der Waals surface area contributed by atoms with Crippen LogP contribution in [-0.2, 0) is 6.61 Å². The maximum absolute atomic E-state index is 13.4. The molecule has 0 aliphatic carbocycles. The first-order chi connectivity index (χ1) is 13.5. The van der Waals surface area contributed by atoms with Gasteiger partial charge in [-0.05, 0) is 47.5 Å². The molecular formula is C21H20F2N2O2S. The molecule has 1 aliphatic heterocycles. The lowest BCUT2D eigenvalue weighted by molar-refractivity contribution is -0.0220. The lowest BCUT2D eigenvalue weighted by Crippen LogP contribution is -2.39. The zero-order valence-electron chi connectivity index (χ0n) is 15.2. The van der Waals surface area contributed by atoms with Crippen LogP contribution in [0, 0.1) is 0 Å². The number of hydrogen-bond donors (Lipinski definition) is 1. The highest BCUT2D eigenvalue weighted by atomic mass is 32.1. The molecule has 1 N–H and O–H groups in total. The van der Waals surface area contributed by atoms with Gasteiger partial charge in [-0.1, -0.05) is 23.7 Å². The third-order valence-electron chi connectivity index (χ3n) is 4.84. The first-order valence-electron chi connectivity index (χ1n) is 9.12. The molecule has 0 radical (unpaired) electrons. The van der Waals surface area contributed by atoms with Crippen molar-refractivity contribution in [1.29, 1.82) is 0 Å². The number of hydrogen-bond acceptors (Lipinski definition) is 4. The molecule has 4 rings (SSSR count). The number of rotatable bonds is 5. The van der Waals surface area contributed by atoms with Crippen molar-refractivity contribution in [2.24, 2.45) is 0 Å². The third kappa shape index (κ3) is 4.42. The van der Waals surface area contributed by atoms with Crippen LogP contribution in [0.1, 0.15) is 18.4 Å². The molecule has 2 heterocycles. The van der Waals surface area contributed by atoms with Crippen molar-refractivity contribution in [1.82, 2.24) is 4.37 Å². The summed E-state index contributed by atoms with van der Waals surface area (Å²) in [5, 5.41) is 0. The van der Waals surface area contributed by atoms with Gasteiger partial charge < -0.3 is 9.64 Å². The molecule has 0 saturated carbocycles. The lowest BCUT2D eigenvalue weighted by Gasteiger charge is -2.33. The summed E-state index contributed by atoms with van der Waals surface area (Å²) >= 11 is 1.30. The molecule has 1 aliphatic rings. The fourth-order valence-electron chi connectivity index (χ4n) is 3.24. The summed E-state index contributed by atoms with van der Waals surface area (Å²) in [5.74, 6) is -1.81. The Labute approximate surface area is 165 Å². The molecule has 2 aromatic carbocycles. The van der Waals surface area contributed by atoms with Gasteiger partial charge in [0.2, 0.25) is 0 Å². The summed E-state index contributed by atoms with van der Waals surface area (Å²) in [4.78, 5) is 14.1. The smallest absolute Gasteiger partial charge is 0.258 e. The molecule has 146 valence electrons. The molecule has 0 spiro atoms. The van der Waals surface area contributed by atoms with Crippen molar-refractivity contribution in [2.75, 3.05) is 18.0 Å². The average molecular weight is 402 g/mol. The zero-order valence-corrected chi connectivity index (χ0v) is 16.0. The van der Waals surface area contributed by atoms with Crippen LogP contribution in [0.2, 0.25) is 0 Å². The fraction of sp³-hybridized carbons (Fsp3) is 0.286. The highest BCUT2D eigenvalue weighted by Crippen LogP contribution is 2.31. The average Bonchev–Trinajstić information content (AvgIpc) is 3.13. The maximum Gasteiger partial charge on any atom is 0.258 e. The molecule has 0 bridgehead atoms. The monoisotopic (exact) mass is 402 g/mol. The van der Waals surface area contributed by atoms with Crippen LogP contribution in [0.5, 0.6) is 5.75 Å². The lowest BCUT2D eigenvalue weighted by atomic mass is 10.1. The molecule has 1 saturated heterocycles. The second-order valence-corrected chi connectivity index (χ2v) is 7.75. The van der Waals surface area contributed by atoms with Crippen LogP contribution in [0.25, 0.3) is 10.4 Å². The Kier molecular flexibility index (Phi) is 5.17. The molecule has 3 aromatic rings. The highest BCUT2D eigenvalue weighted by molar-refractivity contribution is 7.09. The molecule has 4 nitrogen and oxygen atoms in total. The Morgan fingerprint density at radius 3 is 2.50 bits per heavy atom. The van der Waals surface area contributed by atoms with Crippen molar-refractivity contribution >= 4 is 17.2 Å². The van der Waals surface area contributed by atoms with E-state index >= 15 is 0 Å². The standard InChI is InChI=1S/C21H20F2N2O2S/c22-21(23)8-10-25(11-9-21)17-3-1-2-15(12-17)14-27-18-6-4-16(5-7-18)19-13-20(26)24-28-19/h1-7,12-13H,8-11,14H2,(H,24,26). The minimum absolute atomic E-state index is 0.0994. The number of piperidine rings is 1. The first kappa shape index (κ1) is 18.7. The van der Waals surface area contributed by atoms with E-state index in [1.165, 1.54) is 11.5 Å². The van der Waals surface area contributed by atoms with Crippen LogP contribution >= 0.6 is 11.5 Å². The Bertz CT molecular complexity index is 988. The topological polar surface area (TPSA) is 45.3 Å². The second-order valence-electron chi connectivity index (χ2n) is 6.90. The molecule has 0 atom stereocenters. The number of ether oxygens (including phenoxy) is 1. The Balaban J connectivity index is 1.38. The Morgan fingerprint density at radius 1 is 1.07 bits per heavy atom. The SMILES string of the molecule is O=c1cc(-c2ccc(OCc3cccc(N4CCC(F)(F)CC4)c3)cc2)s[nH]1. The minimum Gasteiger partial charge on any atom is -0.489 e. The highest BCUT2D eigenvalue weighted by Gasteiger charge is 2.34. The van der Waals surface area contributed by atoms with Gasteiger partial charge in [-0.2, -0.15) is 0 Å². The number of halogens is 2. The Hall–Kier alpha value is -2.67. The van der Waals surface area contributed by atoms with Gasteiger partial charge in [0.25, 0.3) is 11.5 Å². The van der Waals surface area contributed by atoms with Crippen molar-refractivity contribution in [2.45, 2.75) is 25.4 Å². The van der Waals surface area contributed by atoms with Crippen LogP contribution in [0.4, 0.5) is 14.5 Å². The molecule has 0 unspecified atom stereocenters. The predicted octanol–water partition coefficient (Wildman–Crippen LogP) is 4.92. The van der Waals surface area contributed by atoms with Crippen molar-refractivity contribution < 1.29 is 13.5 Å². The van der Waals surface area contributed by atoms with E-state index in [1.807, 2.05) is 53.4 Å². The van der Waals surface area contributed by atoms with Gasteiger partial charge in [0, 0.05) is 37.7 Å². The van der Waals surface area contributed by atoms with Crippen LogP contribution < -0.4 is 15.2 Å². The van der Waals surface area contributed by atoms with E-state index in [2.05, 4.69) is 4.37 Å². The summed E-state index contributed by atoms with van der Waals surface area (Å²) in [7, 11) is 0. The van der Waals surface area contributed by atoms with Crippen molar-refractivity contribution in [3.05, 3.63) is 70.5 Å². The summed E-state index contributed by atoms with van der Waals surface area (Å²) in [6.07, 6.45) is -0.203. The number of aromatic amines is 1. The van der Waals surface area contributed by atoms with E-state index in [0.717, 1.165) is 27.4 Å². The third-order valence-corrected chi connectivity index (χ3v) is 5.72. The maximum atomic E-state index is 13.4. The number of anilines is 1. The molecule has 1 fully saturated rings. The molecule has 28 heavy (non-hydrogen) atoms. The van der Waals surface area contributed by atoms with E-state index in [9.17, 15) is 13.6 Å². The molecule has 0 amide bonds. The van der Waals surface area contributed by atoms with E-state index in [0.29, 0.717) is 19.7 Å². The summed E-state index contributed by atoms with van der Waals surface area (Å²) < 4.78 is 35.2. The summed E-state index contributed by atoms with van der Waals surface area (Å²) in [6.45, 7) is 1.13. The normalized spacial score (nSPS) is 16.1. The molecule has 1 aromatic heterocycles. The summed E-state index contributed by atoms with van der Waals surface area (Å²) in [5.41, 5.74) is 2.80. The minimum atomic E-state index is -2.54. The van der Waals surface area contributed by atoms with E-state index in [1.54, 1.807) is 6.07 Å². The number of aromatic nitrogens is 1. The number of H-pyrrole nitrogens is 1. The predicted molar refractivity (Wildman–Crippen MR) is 108 cm³/mol. The van der Waals surface area contributed by atoms with E-state index in [-0.39, 0.29) is 18.4 Å². The van der Waals surface area contributed by atoms with Crippen LogP contribution in [-0.4, -0.2) is 23.4 Å². The number of nitrogens with zero attached hydrogens (tertiary/aromatic N) is 1. The van der Waals surface area contributed by atoms with Gasteiger partial charge >= 0.3 is 0 Å². The largest absolute Gasteiger partial charge is 0.489 e. The van der Waals surface area contributed by atoms with Gasteiger partial charge in [-0.15, -0.1) is 0 Å². The van der Waals surface area contributed by atoms with Crippen molar-refractivity contribution in [3.63, 3.8) is 0 Å². The number of alkyl halides is 2. The van der Waals surface area contributed by atoms with Gasteiger partial charge in [-0.25, -0.2) is 8.78 Å². The van der Waals surface area contributed by atoms with Gasteiger partial charge in [0.15, 0.2) is 0 Å². The van der Waals surface area contributed by atoms with E-state index < -0.39 is 5.92 Å². The quantitative estimate of drug-likeness (QED) is 0.659. The van der Waals surface area contributed by atoms with Gasteiger partial charge in [0.05, 0.1) is 4.88 Å². The number of nitrogens with one attached hydrogen (secondary N) is 1. The van der Waals surface area contributed by atoms with Gasteiger partial charge in [-0.3, -0.25) is 9.17 Å². The van der Waals surface area contributed by atoms with Crippen molar-refractivity contribution in [3.8, 4) is 16.2 Å².